The van der Waals surface area contributed by atoms with Gasteiger partial charge >= 0.3 is 6.18 Å². The average Bonchev–Trinajstić information content (AvgIpc) is 2.17. The fourth-order valence-corrected chi connectivity index (χ4v) is 1.13. The van der Waals surface area contributed by atoms with Crippen LogP contribution in [0.1, 0.15) is 18.1 Å². The zero-order chi connectivity index (χ0) is 11.7. The van der Waals surface area contributed by atoms with E-state index in [1.54, 1.807) is 6.92 Å². The van der Waals surface area contributed by atoms with Crippen LogP contribution < -0.4 is 5.73 Å². The van der Waals surface area contributed by atoms with Gasteiger partial charge in [-0.15, -0.1) is 0 Å². The standard InChI is InChI=1S/C10H12F3NO/c1-9(14,6-15)7-2-4-8(5-3-7)10(11,12)13/h2-5,15H,6,14H2,1H3. The van der Waals surface area contributed by atoms with E-state index < -0.39 is 17.3 Å². The summed E-state index contributed by atoms with van der Waals surface area (Å²) in [7, 11) is 0. The number of nitrogens with two attached hydrogens (primary N) is 1. The van der Waals surface area contributed by atoms with Gasteiger partial charge in [-0.05, 0) is 24.6 Å². The molecule has 1 aromatic rings. The molecule has 0 bridgehead atoms. The molecular weight excluding hydrogens is 207 g/mol. The fraction of sp³-hybridized carbons (Fsp3) is 0.400. The molecule has 15 heavy (non-hydrogen) atoms. The fourth-order valence-electron chi connectivity index (χ4n) is 1.13. The van der Waals surface area contributed by atoms with Crippen LogP contribution in [0.15, 0.2) is 24.3 Å². The molecule has 0 saturated carbocycles. The molecule has 5 heteroatoms. The van der Waals surface area contributed by atoms with Crippen molar-refractivity contribution in [1.82, 2.24) is 0 Å². The summed E-state index contributed by atoms with van der Waals surface area (Å²) in [6, 6.07) is 4.46. The lowest BCUT2D eigenvalue weighted by Crippen LogP contribution is -2.36. The Hall–Kier alpha value is -1.07. The predicted octanol–water partition coefficient (Wildman–Crippen LogP) is 1.87. The van der Waals surface area contributed by atoms with Crippen molar-refractivity contribution < 1.29 is 18.3 Å². The molecule has 84 valence electrons. The topological polar surface area (TPSA) is 46.2 Å². The van der Waals surface area contributed by atoms with Gasteiger partial charge in [-0.25, -0.2) is 0 Å². The number of aliphatic hydroxyl groups excluding tert-OH is 1. The van der Waals surface area contributed by atoms with Crippen molar-refractivity contribution in [3.8, 4) is 0 Å². The van der Waals surface area contributed by atoms with Crippen LogP contribution in [0.25, 0.3) is 0 Å². The minimum Gasteiger partial charge on any atom is -0.394 e. The summed E-state index contributed by atoms with van der Waals surface area (Å²) in [5.41, 5.74) is 4.40. The zero-order valence-electron chi connectivity index (χ0n) is 8.17. The summed E-state index contributed by atoms with van der Waals surface area (Å²) in [4.78, 5) is 0. The van der Waals surface area contributed by atoms with E-state index in [9.17, 15) is 13.2 Å². The van der Waals surface area contributed by atoms with E-state index in [0.29, 0.717) is 5.56 Å². The van der Waals surface area contributed by atoms with Crippen LogP contribution >= 0.6 is 0 Å². The van der Waals surface area contributed by atoms with Gasteiger partial charge in [0.2, 0.25) is 0 Å². The molecule has 0 spiro atoms. The number of benzene rings is 1. The molecule has 0 radical (unpaired) electrons. The first kappa shape index (κ1) is 12.0. The van der Waals surface area contributed by atoms with Crippen LogP contribution in [-0.4, -0.2) is 11.7 Å². The maximum Gasteiger partial charge on any atom is 0.416 e. The Kier molecular flexibility index (Phi) is 3.06. The molecular formula is C10H12F3NO. The molecule has 1 unspecified atom stereocenters. The highest BCUT2D eigenvalue weighted by atomic mass is 19.4. The third-order valence-corrected chi connectivity index (χ3v) is 2.20. The van der Waals surface area contributed by atoms with Crippen molar-refractivity contribution in [2.45, 2.75) is 18.6 Å². The summed E-state index contributed by atoms with van der Waals surface area (Å²) in [6.07, 6.45) is -4.34. The minimum atomic E-state index is -4.34. The molecule has 1 aromatic carbocycles. The van der Waals surface area contributed by atoms with Gasteiger partial charge in [0, 0.05) is 0 Å². The second-order valence-corrected chi connectivity index (χ2v) is 3.65. The van der Waals surface area contributed by atoms with E-state index in [0.717, 1.165) is 12.1 Å². The number of rotatable bonds is 2. The lowest BCUT2D eigenvalue weighted by Gasteiger charge is -2.22. The molecule has 2 nitrogen and oxygen atoms in total. The maximum atomic E-state index is 12.2. The molecule has 3 N–H and O–H groups in total. The Bertz CT molecular complexity index is 330. The quantitative estimate of drug-likeness (QED) is 0.797. The predicted molar refractivity (Wildman–Crippen MR) is 50.1 cm³/mol. The largest absolute Gasteiger partial charge is 0.416 e. The lowest BCUT2D eigenvalue weighted by atomic mass is 9.93. The molecule has 0 aliphatic heterocycles. The van der Waals surface area contributed by atoms with E-state index in [4.69, 9.17) is 10.8 Å². The molecule has 1 rings (SSSR count). The highest BCUT2D eigenvalue weighted by Gasteiger charge is 2.30. The highest BCUT2D eigenvalue weighted by Crippen LogP contribution is 2.30. The first-order chi connectivity index (χ1) is 6.77. The highest BCUT2D eigenvalue weighted by molar-refractivity contribution is 5.29. The van der Waals surface area contributed by atoms with Crippen LogP contribution in [0, 0.1) is 0 Å². The normalized spacial score (nSPS) is 16.1. The van der Waals surface area contributed by atoms with E-state index in [-0.39, 0.29) is 6.61 Å². The number of halogens is 3. The van der Waals surface area contributed by atoms with Gasteiger partial charge in [0.25, 0.3) is 0 Å². The summed E-state index contributed by atoms with van der Waals surface area (Å²) in [6.45, 7) is 1.23. The third kappa shape index (κ3) is 2.70. The van der Waals surface area contributed by atoms with E-state index >= 15 is 0 Å². The SMILES string of the molecule is CC(N)(CO)c1ccc(C(F)(F)F)cc1. The first-order valence-corrected chi connectivity index (χ1v) is 4.35. The summed E-state index contributed by atoms with van der Waals surface area (Å²) in [5, 5.41) is 8.93. The second kappa shape index (κ2) is 3.83. The van der Waals surface area contributed by atoms with E-state index in [1.807, 2.05) is 0 Å². The first-order valence-electron chi connectivity index (χ1n) is 4.35. The monoisotopic (exact) mass is 219 g/mol. The van der Waals surface area contributed by atoms with Gasteiger partial charge in [-0.3, -0.25) is 0 Å². The Balaban J connectivity index is 3.01. The molecule has 0 aliphatic rings. The van der Waals surface area contributed by atoms with Gasteiger partial charge < -0.3 is 10.8 Å². The molecule has 0 saturated heterocycles. The van der Waals surface area contributed by atoms with Crippen molar-refractivity contribution >= 4 is 0 Å². The second-order valence-electron chi connectivity index (χ2n) is 3.65. The smallest absolute Gasteiger partial charge is 0.394 e. The number of hydrogen-bond acceptors (Lipinski definition) is 2. The van der Waals surface area contributed by atoms with Gasteiger partial charge in [-0.1, -0.05) is 12.1 Å². The zero-order valence-corrected chi connectivity index (χ0v) is 8.17. The summed E-state index contributed by atoms with van der Waals surface area (Å²) < 4.78 is 36.7. The lowest BCUT2D eigenvalue weighted by molar-refractivity contribution is -0.137. The Morgan fingerprint density at radius 1 is 1.13 bits per heavy atom. The summed E-state index contributed by atoms with van der Waals surface area (Å²) >= 11 is 0. The Labute approximate surface area is 85.5 Å². The van der Waals surface area contributed by atoms with Gasteiger partial charge in [-0.2, -0.15) is 13.2 Å². The molecule has 1 atom stereocenters. The number of aliphatic hydroxyl groups is 1. The maximum absolute atomic E-state index is 12.2. The number of hydrogen-bond donors (Lipinski definition) is 2. The van der Waals surface area contributed by atoms with Crippen molar-refractivity contribution in [2.24, 2.45) is 5.73 Å². The van der Waals surface area contributed by atoms with Crippen molar-refractivity contribution in [3.63, 3.8) is 0 Å². The van der Waals surface area contributed by atoms with Crippen LogP contribution in [0.5, 0.6) is 0 Å². The van der Waals surface area contributed by atoms with Crippen molar-refractivity contribution in [1.29, 1.82) is 0 Å². The Morgan fingerprint density at radius 2 is 1.53 bits per heavy atom. The van der Waals surface area contributed by atoms with Crippen LogP contribution in [-0.2, 0) is 11.7 Å². The van der Waals surface area contributed by atoms with Gasteiger partial charge in [0.1, 0.15) is 0 Å². The minimum absolute atomic E-state index is 0.321. The molecule has 0 aromatic heterocycles. The molecule has 0 amide bonds. The average molecular weight is 219 g/mol. The van der Waals surface area contributed by atoms with Gasteiger partial charge in [0.05, 0.1) is 17.7 Å². The molecule has 0 heterocycles. The van der Waals surface area contributed by atoms with Gasteiger partial charge in [0.15, 0.2) is 0 Å². The van der Waals surface area contributed by atoms with Crippen molar-refractivity contribution in [3.05, 3.63) is 35.4 Å². The van der Waals surface area contributed by atoms with Crippen molar-refractivity contribution in [2.75, 3.05) is 6.61 Å². The molecule has 0 aliphatic carbocycles. The van der Waals surface area contributed by atoms with Crippen LogP contribution in [0.3, 0.4) is 0 Å². The Morgan fingerprint density at radius 3 is 1.87 bits per heavy atom. The van der Waals surface area contributed by atoms with Crippen LogP contribution in [0.2, 0.25) is 0 Å². The third-order valence-electron chi connectivity index (χ3n) is 2.20. The summed E-state index contributed by atoms with van der Waals surface area (Å²) in [5.74, 6) is 0. The number of alkyl halides is 3. The van der Waals surface area contributed by atoms with E-state index in [2.05, 4.69) is 0 Å². The van der Waals surface area contributed by atoms with E-state index in [1.165, 1.54) is 12.1 Å². The molecule has 0 fully saturated rings. The van der Waals surface area contributed by atoms with Crippen LogP contribution in [0.4, 0.5) is 13.2 Å².